The molecule has 25 heavy (non-hydrogen) atoms. The lowest BCUT2D eigenvalue weighted by molar-refractivity contribution is -0.115. The SMILES string of the molecule is O=C(Cc1csc2nc(-c3ccccc3)cn12)Nc1ccccc1F. The number of fused-ring (bicyclic) bond motifs is 1. The van der Waals surface area contributed by atoms with Gasteiger partial charge in [-0.15, -0.1) is 11.3 Å². The van der Waals surface area contributed by atoms with Crippen LogP contribution in [0.2, 0.25) is 0 Å². The number of benzene rings is 2. The molecule has 4 nitrogen and oxygen atoms in total. The fraction of sp³-hybridized carbons (Fsp3) is 0.0526. The van der Waals surface area contributed by atoms with E-state index in [-0.39, 0.29) is 18.0 Å². The molecule has 2 heterocycles. The maximum atomic E-state index is 13.6. The van der Waals surface area contributed by atoms with E-state index >= 15 is 0 Å². The van der Waals surface area contributed by atoms with Crippen LogP contribution in [0.3, 0.4) is 0 Å². The fourth-order valence-corrected chi connectivity index (χ4v) is 3.50. The van der Waals surface area contributed by atoms with Crippen LogP contribution in [0.5, 0.6) is 0 Å². The zero-order valence-electron chi connectivity index (χ0n) is 13.1. The number of thiazole rings is 1. The highest BCUT2D eigenvalue weighted by Gasteiger charge is 2.13. The summed E-state index contributed by atoms with van der Waals surface area (Å²) >= 11 is 1.48. The predicted octanol–water partition coefficient (Wildman–Crippen LogP) is 4.38. The molecule has 0 spiro atoms. The lowest BCUT2D eigenvalue weighted by atomic mass is 10.2. The average Bonchev–Trinajstić information content (AvgIpc) is 3.20. The molecule has 6 heteroatoms. The van der Waals surface area contributed by atoms with Crippen LogP contribution in [0.25, 0.3) is 16.2 Å². The van der Waals surface area contributed by atoms with Crippen LogP contribution in [0.4, 0.5) is 10.1 Å². The van der Waals surface area contributed by atoms with Crippen molar-refractivity contribution in [2.45, 2.75) is 6.42 Å². The van der Waals surface area contributed by atoms with E-state index in [0.717, 1.165) is 21.9 Å². The molecular weight excluding hydrogens is 337 g/mol. The highest BCUT2D eigenvalue weighted by molar-refractivity contribution is 7.15. The minimum absolute atomic E-state index is 0.152. The summed E-state index contributed by atoms with van der Waals surface area (Å²) in [4.78, 5) is 17.7. The molecule has 1 N–H and O–H groups in total. The van der Waals surface area contributed by atoms with Crippen LogP contribution >= 0.6 is 11.3 Å². The van der Waals surface area contributed by atoms with Crippen molar-refractivity contribution in [2.75, 3.05) is 5.32 Å². The van der Waals surface area contributed by atoms with Crippen molar-refractivity contribution >= 4 is 27.9 Å². The molecule has 1 amide bonds. The van der Waals surface area contributed by atoms with E-state index in [9.17, 15) is 9.18 Å². The summed E-state index contributed by atoms with van der Waals surface area (Å²) in [6.45, 7) is 0. The van der Waals surface area contributed by atoms with E-state index in [2.05, 4.69) is 10.3 Å². The van der Waals surface area contributed by atoms with Crippen LogP contribution in [0.1, 0.15) is 5.69 Å². The number of hydrogen-bond acceptors (Lipinski definition) is 3. The van der Waals surface area contributed by atoms with Gasteiger partial charge in [0.1, 0.15) is 5.82 Å². The first-order valence-electron chi connectivity index (χ1n) is 7.76. The first kappa shape index (κ1) is 15.5. The van der Waals surface area contributed by atoms with Crippen molar-refractivity contribution in [1.82, 2.24) is 9.38 Å². The molecule has 0 saturated heterocycles. The third-order valence-corrected chi connectivity index (χ3v) is 4.73. The summed E-state index contributed by atoms with van der Waals surface area (Å²) < 4.78 is 15.6. The molecule has 0 aliphatic rings. The van der Waals surface area contributed by atoms with Crippen molar-refractivity contribution in [2.24, 2.45) is 0 Å². The van der Waals surface area contributed by atoms with Crippen LogP contribution in [0, 0.1) is 5.82 Å². The topological polar surface area (TPSA) is 46.4 Å². The molecule has 0 saturated carbocycles. The number of hydrogen-bond donors (Lipinski definition) is 1. The molecule has 4 aromatic rings. The second kappa shape index (κ2) is 6.49. The summed E-state index contributed by atoms with van der Waals surface area (Å²) in [5, 5.41) is 4.51. The monoisotopic (exact) mass is 351 g/mol. The molecule has 2 aromatic heterocycles. The Hall–Kier alpha value is -2.99. The Kier molecular flexibility index (Phi) is 4.03. The molecule has 0 unspecified atom stereocenters. The predicted molar refractivity (Wildman–Crippen MR) is 97.2 cm³/mol. The number of halogens is 1. The van der Waals surface area contributed by atoms with Crippen molar-refractivity contribution in [3.63, 3.8) is 0 Å². The molecule has 0 fully saturated rings. The summed E-state index contributed by atoms with van der Waals surface area (Å²) in [5.74, 6) is -0.708. The zero-order valence-corrected chi connectivity index (χ0v) is 14.0. The standard InChI is InChI=1S/C19H14FN3OS/c20-15-8-4-5-9-16(15)21-18(24)10-14-12-25-19-22-17(11-23(14)19)13-6-2-1-3-7-13/h1-9,11-12H,10H2,(H,21,24). The van der Waals surface area contributed by atoms with E-state index in [4.69, 9.17) is 0 Å². The molecule has 0 bridgehead atoms. The highest BCUT2D eigenvalue weighted by atomic mass is 32.1. The third kappa shape index (κ3) is 3.16. The number of anilines is 1. The van der Waals surface area contributed by atoms with Crippen molar-refractivity contribution in [3.05, 3.63) is 77.7 Å². The quantitative estimate of drug-likeness (QED) is 0.593. The van der Waals surface area contributed by atoms with E-state index in [1.165, 1.54) is 17.4 Å². The third-order valence-electron chi connectivity index (χ3n) is 3.84. The van der Waals surface area contributed by atoms with Gasteiger partial charge in [-0.2, -0.15) is 0 Å². The first-order chi connectivity index (χ1) is 12.2. The van der Waals surface area contributed by atoms with Gasteiger partial charge in [-0.25, -0.2) is 9.37 Å². The highest BCUT2D eigenvalue weighted by Crippen LogP contribution is 2.24. The largest absolute Gasteiger partial charge is 0.323 e. The molecule has 2 aromatic carbocycles. The number of amides is 1. The van der Waals surface area contributed by atoms with Gasteiger partial charge in [0.05, 0.1) is 17.8 Å². The maximum Gasteiger partial charge on any atom is 0.230 e. The van der Waals surface area contributed by atoms with Crippen molar-refractivity contribution in [3.8, 4) is 11.3 Å². The fourth-order valence-electron chi connectivity index (χ4n) is 2.63. The Labute approximate surface area is 147 Å². The Balaban J connectivity index is 1.56. The molecular formula is C19H14FN3OS. The molecule has 0 radical (unpaired) electrons. The minimum Gasteiger partial charge on any atom is -0.323 e. The summed E-state index contributed by atoms with van der Waals surface area (Å²) in [6.07, 6.45) is 2.08. The lowest BCUT2D eigenvalue weighted by Gasteiger charge is -2.05. The number of imidazole rings is 1. The number of nitrogens with one attached hydrogen (secondary N) is 1. The summed E-state index contributed by atoms with van der Waals surface area (Å²) in [6, 6.07) is 16.0. The van der Waals surface area contributed by atoms with Crippen molar-refractivity contribution < 1.29 is 9.18 Å². The average molecular weight is 351 g/mol. The minimum atomic E-state index is -0.444. The lowest BCUT2D eigenvalue weighted by Crippen LogP contribution is -2.16. The van der Waals surface area contributed by atoms with Gasteiger partial charge in [0, 0.05) is 22.8 Å². The summed E-state index contributed by atoms with van der Waals surface area (Å²) in [7, 11) is 0. The normalized spacial score (nSPS) is 10.9. The molecule has 0 aliphatic carbocycles. The van der Waals surface area contributed by atoms with Gasteiger partial charge >= 0.3 is 0 Å². The van der Waals surface area contributed by atoms with Gasteiger partial charge < -0.3 is 5.32 Å². The Morgan fingerprint density at radius 3 is 2.68 bits per heavy atom. The molecule has 0 aliphatic heterocycles. The van der Waals surface area contributed by atoms with E-state index in [0.29, 0.717) is 0 Å². The second-order valence-electron chi connectivity index (χ2n) is 5.58. The first-order valence-corrected chi connectivity index (χ1v) is 8.64. The number of nitrogens with zero attached hydrogens (tertiary/aromatic N) is 2. The molecule has 0 atom stereocenters. The smallest absolute Gasteiger partial charge is 0.230 e. The van der Waals surface area contributed by atoms with Crippen LogP contribution in [-0.2, 0) is 11.2 Å². The van der Waals surface area contributed by atoms with E-state index in [1.54, 1.807) is 18.2 Å². The number of carbonyl (C=O) groups excluding carboxylic acids is 1. The summed E-state index contributed by atoms with van der Waals surface area (Å²) in [5.41, 5.74) is 2.90. The van der Waals surface area contributed by atoms with Gasteiger partial charge in [0.2, 0.25) is 5.91 Å². The zero-order chi connectivity index (χ0) is 17.2. The van der Waals surface area contributed by atoms with Crippen LogP contribution in [-0.4, -0.2) is 15.3 Å². The Morgan fingerprint density at radius 1 is 1.12 bits per heavy atom. The van der Waals surface area contributed by atoms with Crippen LogP contribution in [0.15, 0.2) is 66.2 Å². The number of rotatable bonds is 4. The van der Waals surface area contributed by atoms with Crippen molar-refractivity contribution in [1.29, 1.82) is 0 Å². The Morgan fingerprint density at radius 2 is 1.88 bits per heavy atom. The van der Waals surface area contributed by atoms with Gasteiger partial charge in [-0.1, -0.05) is 42.5 Å². The Bertz CT molecular complexity index is 1040. The van der Waals surface area contributed by atoms with E-state index in [1.807, 2.05) is 46.3 Å². The van der Waals surface area contributed by atoms with E-state index < -0.39 is 5.82 Å². The molecule has 124 valence electrons. The number of aromatic nitrogens is 2. The second-order valence-corrected chi connectivity index (χ2v) is 6.41. The maximum absolute atomic E-state index is 13.6. The van der Waals surface area contributed by atoms with Crippen LogP contribution < -0.4 is 5.32 Å². The van der Waals surface area contributed by atoms with Gasteiger partial charge in [0.25, 0.3) is 0 Å². The number of carbonyl (C=O) groups is 1. The van der Waals surface area contributed by atoms with Gasteiger partial charge in [-0.3, -0.25) is 9.20 Å². The molecule has 4 rings (SSSR count). The van der Waals surface area contributed by atoms with Gasteiger partial charge in [0.15, 0.2) is 4.96 Å². The number of para-hydroxylation sites is 1. The van der Waals surface area contributed by atoms with Gasteiger partial charge in [-0.05, 0) is 12.1 Å².